The number of nitrogens with one attached hydrogen (secondary N) is 1. The van der Waals surface area contributed by atoms with Crippen LogP contribution in [0, 0.1) is 6.92 Å². The van der Waals surface area contributed by atoms with Crippen molar-refractivity contribution >= 4 is 22.2 Å². The predicted molar refractivity (Wildman–Crippen MR) is 104 cm³/mol. The molecule has 9 heteroatoms. The predicted octanol–water partition coefficient (Wildman–Crippen LogP) is 2.56. The third kappa shape index (κ3) is 6.58. The van der Waals surface area contributed by atoms with Gasteiger partial charge in [-0.05, 0) is 31.5 Å². The van der Waals surface area contributed by atoms with Gasteiger partial charge >= 0.3 is 12.1 Å². The number of aryl methyl sites for hydroxylation is 1. The molecule has 1 amide bonds. The van der Waals surface area contributed by atoms with Gasteiger partial charge in [-0.2, -0.15) is 8.42 Å². The van der Waals surface area contributed by atoms with Gasteiger partial charge in [0.05, 0.1) is 12.0 Å². The van der Waals surface area contributed by atoms with Gasteiger partial charge in [-0.15, -0.1) is 0 Å². The van der Waals surface area contributed by atoms with E-state index in [4.69, 9.17) is 8.92 Å². The molecule has 0 spiro atoms. The molecule has 2 rings (SSSR count). The van der Waals surface area contributed by atoms with E-state index in [9.17, 15) is 18.0 Å². The molecular formula is C20H23NO7S. The summed E-state index contributed by atoms with van der Waals surface area (Å²) in [6.45, 7) is 3.14. The Morgan fingerprint density at radius 1 is 1.03 bits per heavy atom. The van der Waals surface area contributed by atoms with Crippen LogP contribution in [0.1, 0.15) is 18.1 Å². The van der Waals surface area contributed by atoms with Crippen LogP contribution in [0.2, 0.25) is 0 Å². The van der Waals surface area contributed by atoms with Crippen LogP contribution in [0.25, 0.3) is 0 Å². The van der Waals surface area contributed by atoms with Crippen molar-refractivity contribution in [3.63, 3.8) is 0 Å². The summed E-state index contributed by atoms with van der Waals surface area (Å²) in [5.41, 5.74) is 1.63. The number of carbonyl (C=O) groups is 2. The Morgan fingerprint density at radius 2 is 1.66 bits per heavy atom. The van der Waals surface area contributed by atoms with E-state index in [0.717, 1.165) is 18.2 Å². The van der Waals surface area contributed by atoms with Crippen LogP contribution in [-0.2, 0) is 35.2 Å². The molecule has 0 radical (unpaired) electrons. The Hall–Kier alpha value is -2.91. The maximum absolute atomic E-state index is 12.4. The number of benzene rings is 2. The van der Waals surface area contributed by atoms with Crippen LogP contribution >= 0.6 is 0 Å². The third-order valence-corrected chi connectivity index (χ3v) is 5.41. The van der Waals surface area contributed by atoms with Crippen molar-refractivity contribution in [3.8, 4) is 0 Å². The maximum Gasteiger partial charge on any atom is 0.408 e. The fourth-order valence-electron chi connectivity index (χ4n) is 2.40. The highest BCUT2D eigenvalue weighted by Crippen LogP contribution is 2.17. The van der Waals surface area contributed by atoms with Crippen molar-refractivity contribution in [2.45, 2.75) is 37.5 Å². The van der Waals surface area contributed by atoms with E-state index in [1.165, 1.54) is 19.1 Å². The number of ether oxygens (including phenoxy) is 2. The maximum atomic E-state index is 12.4. The number of methoxy groups -OCH3 is 1. The molecule has 2 aromatic rings. The number of rotatable bonds is 8. The van der Waals surface area contributed by atoms with Crippen LogP contribution in [0.15, 0.2) is 59.5 Å². The first-order valence-corrected chi connectivity index (χ1v) is 10.2. The molecule has 0 aliphatic heterocycles. The minimum atomic E-state index is -4.15. The summed E-state index contributed by atoms with van der Waals surface area (Å²) in [6.07, 6.45) is -2.15. The molecular weight excluding hydrogens is 398 g/mol. The van der Waals surface area contributed by atoms with Gasteiger partial charge in [0.25, 0.3) is 10.1 Å². The Balaban J connectivity index is 2.05. The molecule has 29 heavy (non-hydrogen) atoms. The fraction of sp³-hybridized carbons (Fsp3) is 0.300. The Labute approximate surface area is 169 Å². The molecule has 0 aromatic heterocycles. The van der Waals surface area contributed by atoms with Gasteiger partial charge in [-0.1, -0.05) is 48.0 Å². The largest absolute Gasteiger partial charge is 0.467 e. The van der Waals surface area contributed by atoms with Gasteiger partial charge in [-0.25, -0.2) is 9.59 Å². The number of esters is 1. The summed E-state index contributed by atoms with van der Waals surface area (Å²) >= 11 is 0. The molecule has 0 saturated carbocycles. The van der Waals surface area contributed by atoms with Crippen molar-refractivity contribution in [2.24, 2.45) is 0 Å². The second kappa shape index (κ2) is 10.0. The van der Waals surface area contributed by atoms with E-state index < -0.39 is 34.3 Å². The van der Waals surface area contributed by atoms with Crippen molar-refractivity contribution < 1.29 is 31.7 Å². The second-order valence-corrected chi connectivity index (χ2v) is 7.85. The first kappa shape index (κ1) is 22.4. The Kier molecular flexibility index (Phi) is 7.74. The van der Waals surface area contributed by atoms with Crippen LogP contribution in [0.3, 0.4) is 0 Å². The molecule has 1 N–H and O–H groups in total. The van der Waals surface area contributed by atoms with Crippen LogP contribution in [-0.4, -0.2) is 39.7 Å². The molecule has 0 heterocycles. The second-order valence-electron chi connectivity index (χ2n) is 6.28. The molecule has 2 atom stereocenters. The highest BCUT2D eigenvalue weighted by atomic mass is 32.2. The zero-order chi connectivity index (χ0) is 21.4. The highest BCUT2D eigenvalue weighted by molar-refractivity contribution is 7.86. The summed E-state index contributed by atoms with van der Waals surface area (Å²) in [5, 5.41) is 2.30. The minimum Gasteiger partial charge on any atom is -0.467 e. The summed E-state index contributed by atoms with van der Waals surface area (Å²) in [7, 11) is -3.04. The van der Waals surface area contributed by atoms with Crippen LogP contribution in [0.4, 0.5) is 4.79 Å². The Bertz CT molecular complexity index is 927. The van der Waals surface area contributed by atoms with E-state index in [-0.39, 0.29) is 11.5 Å². The van der Waals surface area contributed by atoms with Crippen LogP contribution < -0.4 is 5.32 Å². The summed E-state index contributed by atoms with van der Waals surface area (Å²) in [4.78, 5) is 24.1. The van der Waals surface area contributed by atoms with Gasteiger partial charge in [0.15, 0.2) is 6.04 Å². The lowest BCUT2D eigenvalue weighted by Gasteiger charge is -2.22. The lowest BCUT2D eigenvalue weighted by atomic mass is 10.2. The summed E-state index contributed by atoms with van der Waals surface area (Å²) in [5.74, 6) is -0.867. The van der Waals surface area contributed by atoms with Crippen molar-refractivity contribution in [1.29, 1.82) is 0 Å². The lowest BCUT2D eigenvalue weighted by Crippen LogP contribution is -2.49. The number of amides is 1. The number of carbonyl (C=O) groups excluding carboxylic acids is 2. The molecule has 0 fully saturated rings. The minimum absolute atomic E-state index is 0.0164. The molecule has 2 aromatic carbocycles. The first-order valence-electron chi connectivity index (χ1n) is 8.78. The Morgan fingerprint density at radius 3 is 2.24 bits per heavy atom. The fourth-order valence-corrected chi connectivity index (χ4v) is 3.49. The zero-order valence-electron chi connectivity index (χ0n) is 16.3. The molecule has 0 saturated heterocycles. The number of hydrogen-bond acceptors (Lipinski definition) is 7. The van der Waals surface area contributed by atoms with E-state index in [0.29, 0.717) is 0 Å². The monoisotopic (exact) mass is 421 g/mol. The van der Waals surface area contributed by atoms with Crippen molar-refractivity contribution in [3.05, 3.63) is 65.7 Å². The van der Waals surface area contributed by atoms with Gasteiger partial charge in [0, 0.05) is 0 Å². The average molecular weight is 421 g/mol. The normalized spacial score (nSPS) is 13.2. The molecule has 8 nitrogen and oxygen atoms in total. The quantitative estimate of drug-likeness (QED) is 0.515. The van der Waals surface area contributed by atoms with Gasteiger partial charge in [0.1, 0.15) is 12.7 Å². The van der Waals surface area contributed by atoms with E-state index in [2.05, 4.69) is 10.1 Å². The topological polar surface area (TPSA) is 108 Å². The van der Waals surface area contributed by atoms with Crippen LogP contribution in [0.5, 0.6) is 0 Å². The van der Waals surface area contributed by atoms with Crippen molar-refractivity contribution in [2.75, 3.05) is 7.11 Å². The average Bonchev–Trinajstić information content (AvgIpc) is 2.70. The number of alkyl carbamates (subject to hydrolysis) is 1. The SMILES string of the molecule is COC(=O)[C@H](NC(=O)OCc1ccccc1)[C@H](C)OS(=O)(=O)c1ccc(C)cc1. The zero-order valence-corrected chi connectivity index (χ0v) is 17.1. The van der Waals surface area contributed by atoms with Gasteiger partial charge in [-0.3, -0.25) is 4.18 Å². The van der Waals surface area contributed by atoms with E-state index in [1.54, 1.807) is 36.4 Å². The van der Waals surface area contributed by atoms with Gasteiger partial charge < -0.3 is 14.8 Å². The molecule has 0 aliphatic rings. The molecule has 0 unspecified atom stereocenters. The smallest absolute Gasteiger partial charge is 0.408 e. The standard InChI is InChI=1S/C20H23NO7S/c1-14-9-11-17(12-10-14)29(24,25)28-15(2)18(19(22)26-3)21-20(23)27-13-16-7-5-4-6-8-16/h4-12,15,18H,13H2,1-3H3,(H,21,23)/t15-,18+/m0/s1. The first-order chi connectivity index (χ1) is 13.7. The van der Waals surface area contributed by atoms with Gasteiger partial charge in [0.2, 0.25) is 0 Å². The third-order valence-electron chi connectivity index (χ3n) is 4.00. The summed E-state index contributed by atoms with van der Waals surface area (Å²) in [6, 6.07) is 13.6. The van der Waals surface area contributed by atoms with Crippen molar-refractivity contribution in [1.82, 2.24) is 5.32 Å². The lowest BCUT2D eigenvalue weighted by molar-refractivity contribution is -0.145. The number of hydrogen-bond donors (Lipinski definition) is 1. The molecule has 0 bridgehead atoms. The van der Waals surface area contributed by atoms with E-state index >= 15 is 0 Å². The summed E-state index contributed by atoms with van der Waals surface area (Å²) < 4.78 is 39.7. The highest BCUT2D eigenvalue weighted by Gasteiger charge is 2.33. The van der Waals surface area contributed by atoms with E-state index in [1.807, 2.05) is 13.0 Å². The molecule has 0 aliphatic carbocycles. The molecule has 156 valence electrons.